The van der Waals surface area contributed by atoms with Gasteiger partial charge in [-0.3, -0.25) is 9.67 Å². The molecule has 0 radical (unpaired) electrons. The van der Waals surface area contributed by atoms with Gasteiger partial charge in [-0.2, -0.15) is 5.10 Å². The van der Waals surface area contributed by atoms with E-state index in [1.54, 1.807) is 0 Å². The number of hydrogen-bond acceptors (Lipinski definition) is 2. The summed E-state index contributed by atoms with van der Waals surface area (Å²) in [5, 5.41) is 4.40. The van der Waals surface area contributed by atoms with Crippen molar-refractivity contribution in [1.82, 2.24) is 14.8 Å². The minimum absolute atomic E-state index is 0.155. The van der Waals surface area contributed by atoms with Crippen LogP contribution in [-0.2, 0) is 12.0 Å². The summed E-state index contributed by atoms with van der Waals surface area (Å²) in [7, 11) is 0. The molecule has 0 amide bonds. The van der Waals surface area contributed by atoms with E-state index in [9.17, 15) is 0 Å². The average Bonchev–Trinajstić information content (AvgIpc) is 2.76. The van der Waals surface area contributed by atoms with Crippen molar-refractivity contribution >= 4 is 0 Å². The highest BCUT2D eigenvalue weighted by molar-refractivity contribution is 5.24. The van der Waals surface area contributed by atoms with E-state index in [4.69, 9.17) is 0 Å². The maximum Gasteiger partial charge on any atom is 0.0834 e. The van der Waals surface area contributed by atoms with Gasteiger partial charge in [-0.25, -0.2) is 0 Å². The number of pyridine rings is 1. The second kappa shape index (κ2) is 5.16. The predicted octanol–water partition coefficient (Wildman–Crippen LogP) is 3.75. The fourth-order valence-corrected chi connectivity index (χ4v) is 2.15. The maximum absolute atomic E-state index is 4.47. The van der Waals surface area contributed by atoms with Gasteiger partial charge >= 0.3 is 0 Å². The van der Waals surface area contributed by atoms with Crippen LogP contribution >= 0.6 is 0 Å². The highest BCUT2D eigenvalue weighted by Gasteiger charge is 2.15. The van der Waals surface area contributed by atoms with Gasteiger partial charge in [0.1, 0.15) is 0 Å². The molecule has 0 aliphatic rings. The molecule has 0 atom stereocenters. The lowest BCUT2D eigenvalue weighted by Gasteiger charge is -2.19. The standard InChI is InChI=1S/C16H23N3/c1-12(2)15-7-9-18-19(15)11-14-10-13(6-8-17-14)16(3,4)5/h6-10,12H,11H2,1-5H3. The fourth-order valence-electron chi connectivity index (χ4n) is 2.15. The monoisotopic (exact) mass is 257 g/mol. The predicted molar refractivity (Wildman–Crippen MR) is 78.4 cm³/mol. The Morgan fingerprint density at radius 1 is 1.16 bits per heavy atom. The van der Waals surface area contributed by atoms with Gasteiger partial charge in [-0.15, -0.1) is 0 Å². The lowest BCUT2D eigenvalue weighted by molar-refractivity contribution is 0.579. The zero-order valence-corrected chi connectivity index (χ0v) is 12.5. The van der Waals surface area contributed by atoms with Crippen LogP contribution in [0.25, 0.3) is 0 Å². The lowest BCUT2D eigenvalue weighted by Crippen LogP contribution is -2.13. The number of rotatable bonds is 3. The van der Waals surface area contributed by atoms with Gasteiger partial charge in [-0.1, -0.05) is 34.6 Å². The second-order valence-electron chi connectivity index (χ2n) is 6.35. The molecule has 0 spiro atoms. The van der Waals surface area contributed by atoms with E-state index < -0.39 is 0 Å². The molecule has 0 aliphatic carbocycles. The molecule has 3 nitrogen and oxygen atoms in total. The molecule has 2 rings (SSSR count). The third-order valence-corrected chi connectivity index (χ3v) is 3.34. The quantitative estimate of drug-likeness (QED) is 0.838. The van der Waals surface area contributed by atoms with Crippen molar-refractivity contribution in [2.45, 2.75) is 52.5 Å². The van der Waals surface area contributed by atoms with E-state index in [1.165, 1.54) is 11.3 Å². The Morgan fingerprint density at radius 3 is 2.53 bits per heavy atom. The molecule has 0 bridgehead atoms. The first kappa shape index (κ1) is 13.8. The summed E-state index contributed by atoms with van der Waals surface area (Å²) < 4.78 is 2.04. The zero-order valence-electron chi connectivity index (χ0n) is 12.5. The highest BCUT2D eigenvalue weighted by atomic mass is 15.3. The molecule has 0 saturated carbocycles. The Labute approximate surface area is 115 Å². The minimum Gasteiger partial charge on any atom is -0.263 e. The van der Waals surface area contributed by atoms with Gasteiger partial charge < -0.3 is 0 Å². The van der Waals surface area contributed by atoms with Crippen molar-refractivity contribution in [3.63, 3.8) is 0 Å². The summed E-state index contributed by atoms with van der Waals surface area (Å²) in [6.45, 7) is 11.8. The molecule has 19 heavy (non-hydrogen) atoms. The van der Waals surface area contributed by atoms with Crippen LogP contribution in [0.5, 0.6) is 0 Å². The summed E-state index contributed by atoms with van der Waals surface area (Å²) in [6.07, 6.45) is 3.76. The van der Waals surface area contributed by atoms with Crippen LogP contribution in [0, 0.1) is 0 Å². The molecular formula is C16H23N3. The molecule has 2 aromatic heterocycles. The van der Waals surface area contributed by atoms with E-state index >= 15 is 0 Å². The van der Waals surface area contributed by atoms with E-state index in [-0.39, 0.29) is 5.41 Å². The first-order valence-electron chi connectivity index (χ1n) is 6.85. The molecule has 102 valence electrons. The van der Waals surface area contributed by atoms with E-state index in [2.05, 4.69) is 62.9 Å². The molecule has 0 fully saturated rings. The summed E-state index contributed by atoms with van der Waals surface area (Å²) in [5.41, 5.74) is 3.79. The first-order chi connectivity index (χ1) is 8.88. The molecule has 2 heterocycles. The summed E-state index contributed by atoms with van der Waals surface area (Å²) in [6, 6.07) is 6.36. The fraction of sp³-hybridized carbons (Fsp3) is 0.500. The Bertz CT molecular complexity index is 547. The minimum atomic E-state index is 0.155. The third kappa shape index (κ3) is 3.22. The third-order valence-electron chi connectivity index (χ3n) is 3.34. The SMILES string of the molecule is CC(C)c1ccnn1Cc1cc(C(C)(C)C)ccn1. The average molecular weight is 257 g/mol. The normalized spacial score (nSPS) is 12.1. The van der Waals surface area contributed by atoms with Gasteiger partial charge in [0, 0.05) is 18.1 Å². The Kier molecular flexibility index (Phi) is 3.74. The van der Waals surface area contributed by atoms with Crippen LogP contribution in [0.2, 0.25) is 0 Å². The van der Waals surface area contributed by atoms with Crippen LogP contribution < -0.4 is 0 Å². The van der Waals surface area contributed by atoms with Crippen LogP contribution in [0.4, 0.5) is 0 Å². The van der Waals surface area contributed by atoms with Gasteiger partial charge in [0.05, 0.1) is 12.2 Å². The molecule has 0 N–H and O–H groups in total. The van der Waals surface area contributed by atoms with Crippen LogP contribution in [0.3, 0.4) is 0 Å². The van der Waals surface area contributed by atoms with Gasteiger partial charge in [0.15, 0.2) is 0 Å². The molecule has 2 aromatic rings. The van der Waals surface area contributed by atoms with Crippen LogP contribution in [0.1, 0.15) is 57.5 Å². The number of nitrogens with zero attached hydrogens (tertiary/aromatic N) is 3. The molecule has 3 heteroatoms. The largest absolute Gasteiger partial charge is 0.263 e. The van der Waals surface area contributed by atoms with E-state index in [0.29, 0.717) is 5.92 Å². The summed E-state index contributed by atoms with van der Waals surface area (Å²) >= 11 is 0. The van der Waals surface area contributed by atoms with E-state index in [1.807, 2.05) is 17.1 Å². The molecular weight excluding hydrogens is 234 g/mol. The number of hydrogen-bond donors (Lipinski definition) is 0. The molecule has 0 saturated heterocycles. The zero-order chi connectivity index (χ0) is 14.0. The van der Waals surface area contributed by atoms with Crippen LogP contribution in [0.15, 0.2) is 30.6 Å². The maximum atomic E-state index is 4.47. The summed E-state index contributed by atoms with van der Waals surface area (Å²) in [4.78, 5) is 4.47. The Morgan fingerprint density at radius 2 is 1.89 bits per heavy atom. The second-order valence-corrected chi connectivity index (χ2v) is 6.35. The van der Waals surface area contributed by atoms with Crippen molar-refractivity contribution in [2.24, 2.45) is 0 Å². The highest BCUT2D eigenvalue weighted by Crippen LogP contribution is 2.22. The van der Waals surface area contributed by atoms with Crippen molar-refractivity contribution in [3.8, 4) is 0 Å². The van der Waals surface area contributed by atoms with Crippen molar-refractivity contribution in [2.75, 3.05) is 0 Å². The Balaban J connectivity index is 2.26. The lowest BCUT2D eigenvalue weighted by atomic mass is 9.87. The summed E-state index contributed by atoms with van der Waals surface area (Å²) in [5.74, 6) is 0.480. The smallest absolute Gasteiger partial charge is 0.0834 e. The Hall–Kier alpha value is -1.64. The van der Waals surface area contributed by atoms with Crippen molar-refractivity contribution in [3.05, 3.63) is 47.5 Å². The molecule has 0 aromatic carbocycles. The van der Waals surface area contributed by atoms with Crippen molar-refractivity contribution in [1.29, 1.82) is 0 Å². The van der Waals surface area contributed by atoms with Gasteiger partial charge in [-0.05, 0) is 35.1 Å². The molecule has 0 aliphatic heterocycles. The van der Waals surface area contributed by atoms with Crippen molar-refractivity contribution < 1.29 is 0 Å². The number of aromatic nitrogens is 3. The molecule has 0 unspecified atom stereocenters. The van der Waals surface area contributed by atoms with Gasteiger partial charge in [0.2, 0.25) is 0 Å². The topological polar surface area (TPSA) is 30.7 Å². The van der Waals surface area contributed by atoms with E-state index in [0.717, 1.165) is 12.2 Å². The van der Waals surface area contributed by atoms with Gasteiger partial charge in [0.25, 0.3) is 0 Å². The first-order valence-corrected chi connectivity index (χ1v) is 6.85. The van der Waals surface area contributed by atoms with Crippen LogP contribution in [-0.4, -0.2) is 14.8 Å².